The Morgan fingerprint density at radius 2 is 1.91 bits per heavy atom. The van der Waals surface area contributed by atoms with Crippen LogP contribution in [0, 0.1) is 0 Å². The van der Waals surface area contributed by atoms with E-state index in [1.54, 1.807) is 12.1 Å². The van der Waals surface area contributed by atoms with Crippen molar-refractivity contribution in [3.8, 4) is 11.4 Å². The van der Waals surface area contributed by atoms with Gasteiger partial charge in [-0.2, -0.15) is 0 Å². The number of hydrogen-bond donors (Lipinski definition) is 2. The number of rotatable bonds is 6. The summed E-state index contributed by atoms with van der Waals surface area (Å²) >= 11 is 0. The highest BCUT2D eigenvalue weighted by Crippen LogP contribution is 2.23. The molecule has 0 aliphatic carbocycles. The van der Waals surface area contributed by atoms with E-state index >= 15 is 0 Å². The molecule has 0 atom stereocenters. The van der Waals surface area contributed by atoms with Gasteiger partial charge in [0.2, 0.25) is 10.0 Å². The van der Waals surface area contributed by atoms with Crippen molar-refractivity contribution in [2.24, 2.45) is 0 Å². The van der Waals surface area contributed by atoms with E-state index in [-0.39, 0.29) is 5.75 Å². The van der Waals surface area contributed by atoms with E-state index in [0.29, 0.717) is 12.1 Å². The monoisotopic (exact) mass is 329 g/mol. The van der Waals surface area contributed by atoms with Crippen LogP contribution in [-0.2, 0) is 10.0 Å². The fraction of sp³-hybridized carbons (Fsp3) is 0.235. The van der Waals surface area contributed by atoms with Crippen LogP contribution in [0.5, 0.6) is 0 Å². The molecule has 5 nitrogen and oxygen atoms in total. The van der Waals surface area contributed by atoms with E-state index in [9.17, 15) is 8.42 Å². The molecule has 0 spiro atoms. The third kappa shape index (κ3) is 3.71. The average molecular weight is 329 g/mol. The SMILES string of the molecule is CCCCS(=O)(=O)Nc1ccc2nc(-c3ccccc3)[nH]c2c1. The molecule has 0 aliphatic rings. The molecule has 0 radical (unpaired) electrons. The Hall–Kier alpha value is -2.34. The van der Waals surface area contributed by atoms with Crippen molar-refractivity contribution in [2.75, 3.05) is 10.5 Å². The zero-order chi connectivity index (χ0) is 16.3. The highest BCUT2D eigenvalue weighted by atomic mass is 32.2. The number of aromatic nitrogens is 2. The third-order valence-electron chi connectivity index (χ3n) is 3.57. The molecule has 0 amide bonds. The first kappa shape index (κ1) is 15.6. The van der Waals surface area contributed by atoms with Gasteiger partial charge >= 0.3 is 0 Å². The van der Waals surface area contributed by atoms with Gasteiger partial charge in [0.05, 0.1) is 22.5 Å². The number of hydrogen-bond acceptors (Lipinski definition) is 3. The molecular formula is C17H19N3O2S. The van der Waals surface area contributed by atoms with Crippen LogP contribution < -0.4 is 4.72 Å². The predicted molar refractivity (Wildman–Crippen MR) is 93.8 cm³/mol. The van der Waals surface area contributed by atoms with Gasteiger partial charge < -0.3 is 4.98 Å². The van der Waals surface area contributed by atoms with Crippen LogP contribution in [0.15, 0.2) is 48.5 Å². The number of anilines is 1. The molecule has 3 rings (SSSR count). The molecule has 0 aliphatic heterocycles. The summed E-state index contributed by atoms with van der Waals surface area (Å²) in [7, 11) is -3.30. The van der Waals surface area contributed by atoms with Crippen molar-refractivity contribution in [1.29, 1.82) is 0 Å². The first-order valence-corrected chi connectivity index (χ1v) is 9.28. The normalized spacial score (nSPS) is 11.7. The fourth-order valence-electron chi connectivity index (χ4n) is 2.37. The molecule has 0 unspecified atom stereocenters. The smallest absolute Gasteiger partial charge is 0.232 e. The number of aromatic amines is 1. The summed E-state index contributed by atoms with van der Waals surface area (Å²) in [4.78, 5) is 7.77. The maximum atomic E-state index is 12.0. The maximum Gasteiger partial charge on any atom is 0.232 e. The Kier molecular flexibility index (Phi) is 4.34. The summed E-state index contributed by atoms with van der Waals surface area (Å²) in [5.74, 6) is 0.909. The fourth-order valence-corrected chi connectivity index (χ4v) is 3.63. The number of H-pyrrole nitrogens is 1. The van der Waals surface area contributed by atoms with Gasteiger partial charge in [-0.05, 0) is 24.6 Å². The van der Waals surface area contributed by atoms with Crippen molar-refractivity contribution in [2.45, 2.75) is 19.8 Å². The van der Waals surface area contributed by atoms with Gasteiger partial charge in [-0.3, -0.25) is 4.72 Å². The second kappa shape index (κ2) is 6.42. The Labute approximate surface area is 135 Å². The van der Waals surface area contributed by atoms with Crippen molar-refractivity contribution in [3.05, 3.63) is 48.5 Å². The Morgan fingerprint density at radius 3 is 2.65 bits per heavy atom. The van der Waals surface area contributed by atoms with Crippen LogP contribution in [0.4, 0.5) is 5.69 Å². The summed E-state index contributed by atoms with van der Waals surface area (Å²) in [5, 5.41) is 0. The number of nitrogens with zero attached hydrogens (tertiary/aromatic N) is 1. The second-order valence-electron chi connectivity index (χ2n) is 5.46. The molecule has 6 heteroatoms. The van der Waals surface area contributed by atoms with Crippen LogP contribution in [0.25, 0.3) is 22.4 Å². The van der Waals surface area contributed by atoms with E-state index in [1.165, 1.54) is 0 Å². The quantitative estimate of drug-likeness (QED) is 0.723. The van der Waals surface area contributed by atoms with Crippen LogP contribution in [-0.4, -0.2) is 24.1 Å². The topological polar surface area (TPSA) is 74.8 Å². The van der Waals surface area contributed by atoms with Crippen LogP contribution in [0.1, 0.15) is 19.8 Å². The first-order valence-electron chi connectivity index (χ1n) is 7.63. The zero-order valence-electron chi connectivity index (χ0n) is 12.9. The first-order chi connectivity index (χ1) is 11.1. The largest absolute Gasteiger partial charge is 0.338 e. The van der Waals surface area contributed by atoms with E-state index in [1.807, 2.05) is 43.3 Å². The van der Waals surface area contributed by atoms with E-state index < -0.39 is 10.0 Å². The number of nitrogens with one attached hydrogen (secondary N) is 2. The van der Waals surface area contributed by atoms with Crippen molar-refractivity contribution < 1.29 is 8.42 Å². The summed E-state index contributed by atoms with van der Waals surface area (Å²) in [6, 6.07) is 15.1. The summed E-state index contributed by atoms with van der Waals surface area (Å²) in [5.41, 5.74) is 3.16. The molecule has 0 fully saturated rings. The summed E-state index contributed by atoms with van der Waals surface area (Å²) < 4.78 is 26.6. The Bertz CT molecular complexity index is 902. The number of fused-ring (bicyclic) bond motifs is 1. The van der Waals surface area contributed by atoms with Gasteiger partial charge in [0.25, 0.3) is 0 Å². The molecule has 0 bridgehead atoms. The number of unbranched alkanes of at least 4 members (excludes halogenated alkanes) is 1. The van der Waals surface area contributed by atoms with E-state index in [4.69, 9.17) is 0 Å². The van der Waals surface area contributed by atoms with Crippen molar-refractivity contribution in [1.82, 2.24) is 9.97 Å². The third-order valence-corrected chi connectivity index (χ3v) is 4.94. The van der Waals surface area contributed by atoms with Crippen LogP contribution in [0.2, 0.25) is 0 Å². The Morgan fingerprint density at radius 1 is 1.13 bits per heavy atom. The van der Waals surface area contributed by atoms with Gasteiger partial charge in [0.15, 0.2) is 0 Å². The molecular weight excluding hydrogens is 310 g/mol. The molecule has 0 saturated carbocycles. The molecule has 2 N–H and O–H groups in total. The van der Waals surface area contributed by atoms with E-state index in [2.05, 4.69) is 14.7 Å². The van der Waals surface area contributed by atoms with Gasteiger partial charge in [0.1, 0.15) is 5.82 Å². The minimum absolute atomic E-state index is 0.139. The summed E-state index contributed by atoms with van der Waals surface area (Å²) in [6.45, 7) is 1.97. The van der Waals surface area contributed by atoms with Crippen molar-refractivity contribution in [3.63, 3.8) is 0 Å². The highest BCUT2D eigenvalue weighted by molar-refractivity contribution is 7.92. The van der Waals surface area contributed by atoms with Gasteiger partial charge in [-0.1, -0.05) is 43.7 Å². The highest BCUT2D eigenvalue weighted by Gasteiger charge is 2.11. The minimum Gasteiger partial charge on any atom is -0.338 e. The lowest BCUT2D eigenvalue weighted by atomic mass is 10.2. The number of sulfonamides is 1. The lowest BCUT2D eigenvalue weighted by Crippen LogP contribution is -2.16. The second-order valence-corrected chi connectivity index (χ2v) is 7.30. The van der Waals surface area contributed by atoms with Crippen LogP contribution in [0.3, 0.4) is 0 Å². The molecule has 1 aromatic heterocycles. The minimum atomic E-state index is -3.30. The zero-order valence-corrected chi connectivity index (χ0v) is 13.7. The Balaban J connectivity index is 1.88. The van der Waals surface area contributed by atoms with Crippen molar-refractivity contribution >= 4 is 26.7 Å². The standard InChI is InChI=1S/C17H19N3O2S/c1-2-3-11-23(21,22)20-14-9-10-15-16(12-14)19-17(18-15)13-7-5-4-6-8-13/h4-10,12,20H,2-3,11H2,1H3,(H,18,19). The van der Waals surface area contributed by atoms with Gasteiger partial charge in [-0.25, -0.2) is 13.4 Å². The maximum absolute atomic E-state index is 12.0. The lowest BCUT2D eigenvalue weighted by Gasteiger charge is -2.07. The van der Waals surface area contributed by atoms with Gasteiger partial charge in [-0.15, -0.1) is 0 Å². The number of imidazole rings is 1. The summed E-state index contributed by atoms with van der Waals surface area (Å²) in [6.07, 6.45) is 1.50. The average Bonchev–Trinajstić information content (AvgIpc) is 2.97. The van der Waals surface area contributed by atoms with Gasteiger partial charge in [0, 0.05) is 5.56 Å². The molecule has 0 saturated heterocycles. The molecule has 1 heterocycles. The molecule has 23 heavy (non-hydrogen) atoms. The molecule has 2 aromatic carbocycles. The van der Waals surface area contributed by atoms with Crippen LogP contribution >= 0.6 is 0 Å². The molecule has 120 valence electrons. The lowest BCUT2D eigenvalue weighted by molar-refractivity contribution is 0.598. The molecule has 3 aromatic rings. The number of benzene rings is 2. The van der Waals surface area contributed by atoms with E-state index in [0.717, 1.165) is 28.8 Å². The predicted octanol–water partition coefficient (Wildman–Crippen LogP) is 3.77.